The minimum Gasteiger partial charge on any atom is -0.488 e. The van der Waals surface area contributed by atoms with Gasteiger partial charge in [-0.3, -0.25) is 0 Å². The zero-order chi connectivity index (χ0) is 13.8. The molecule has 0 aromatic heterocycles. The second-order valence-corrected chi connectivity index (χ2v) is 6.01. The van der Waals surface area contributed by atoms with Crippen LogP contribution >= 0.6 is 31.9 Å². The van der Waals surface area contributed by atoms with Crippen LogP contribution in [0.15, 0.2) is 51.4 Å². The van der Waals surface area contributed by atoms with Crippen molar-refractivity contribution < 1.29 is 9.84 Å². The molecule has 19 heavy (non-hydrogen) atoms. The molecule has 2 nitrogen and oxygen atoms in total. The van der Waals surface area contributed by atoms with Gasteiger partial charge in [-0.05, 0) is 31.2 Å². The average molecular weight is 386 g/mol. The standard InChI is InChI=1S/C15H14Br2O2/c1-10(18)13-8-12(16)6-7-15(13)19-9-11-4-2-3-5-14(11)17/h2-8,10,18H,9H2,1H3/t10-/m0/s1. The van der Waals surface area contributed by atoms with Gasteiger partial charge in [0.15, 0.2) is 0 Å². The summed E-state index contributed by atoms with van der Waals surface area (Å²) in [7, 11) is 0. The van der Waals surface area contributed by atoms with Gasteiger partial charge in [0.1, 0.15) is 12.4 Å². The third kappa shape index (κ3) is 3.81. The maximum Gasteiger partial charge on any atom is 0.125 e. The highest BCUT2D eigenvalue weighted by molar-refractivity contribution is 9.10. The third-order valence-electron chi connectivity index (χ3n) is 2.76. The first-order chi connectivity index (χ1) is 9.08. The van der Waals surface area contributed by atoms with Gasteiger partial charge in [0, 0.05) is 20.1 Å². The number of rotatable bonds is 4. The first kappa shape index (κ1) is 14.6. The molecule has 100 valence electrons. The summed E-state index contributed by atoms with van der Waals surface area (Å²) in [5, 5.41) is 9.77. The lowest BCUT2D eigenvalue weighted by atomic mass is 10.1. The van der Waals surface area contributed by atoms with E-state index in [0.717, 1.165) is 20.1 Å². The summed E-state index contributed by atoms with van der Waals surface area (Å²) in [5.74, 6) is 0.703. The van der Waals surface area contributed by atoms with Crippen LogP contribution in [0.25, 0.3) is 0 Å². The van der Waals surface area contributed by atoms with Crippen LogP contribution in [0.5, 0.6) is 5.75 Å². The number of hydrogen-bond acceptors (Lipinski definition) is 2. The summed E-state index contributed by atoms with van der Waals surface area (Å²) in [5.41, 5.74) is 1.85. The van der Waals surface area contributed by atoms with Crippen LogP contribution in [0, 0.1) is 0 Å². The molecular weight excluding hydrogens is 372 g/mol. The monoisotopic (exact) mass is 384 g/mol. The molecule has 0 fully saturated rings. The molecule has 0 aliphatic rings. The van der Waals surface area contributed by atoms with E-state index in [1.54, 1.807) is 6.92 Å². The number of aliphatic hydroxyl groups is 1. The fraction of sp³-hybridized carbons (Fsp3) is 0.200. The van der Waals surface area contributed by atoms with Crippen molar-refractivity contribution in [3.63, 3.8) is 0 Å². The van der Waals surface area contributed by atoms with Crippen molar-refractivity contribution in [2.24, 2.45) is 0 Å². The number of hydrogen-bond donors (Lipinski definition) is 1. The van der Waals surface area contributed by atoms with E-state index in [4.69, 9.17) is 4.74 Å². The van der Waals surface area contributed by atoms with Crippen molar-refractivity contribution in [2.75, 3.05) is 0 Å². The van der Waals surface area contributed by atoms with Gasteiger partial charge in [0.25, 0.3) is 0 Å². The average Bonchev–Trinajstić information content (AvgIpc) is 2.38. The Balaban J connectivity index is 2.18. The third-order valence-corrected chi connectivity index (χ3v) is 4.03. The van der Waals surface area contributed by atoms with Crippen LogP contribution in [0.3, 0.4) is 0 Å². The topological polar surface area (TPSA) is 29.5 Å². The summed E-state index contributed by atoms with van der Waals surface area (Å²) in [6.07, 6.45) is -0.563. The van der Waals surface area contributed by atoms with Crippen molar-refractivity contribution in [3.8, 4) is 5.75 Å². The smallest absolute Gasteiger partial charge is 0.125 e. The van der Waals surface area contributed by atoms with Crippen LogP contribution in [-0.2, 0) is 6.61 Å². The zero-order valence-corrected chi connectivity index (χ0v) is 13.6. The van der Waals surface area contributed by atoms with E-state index in [9.17, 15) is 5.11 Å². The highest BCUT2D eigenvalue weighted by atomic mass is 79.9. The molecule has 0 heterocycles. The van der Waals surface area contributed by atoms with Gasteiger partial charge >= 0.3 is 0 Å². The molecule has 0 aliphatic heterocycles. The van der Waals surface area contributed by atoms with E-state index in [1.165, 1.54) is 0 Å². The van der Waals surface area contributed by atoms with Crippen molar-refractivity contribution in [1.29, 1.82) is 0 Å². The Bertz CT molecular complexity index is 568. The summed E-state index contributed by atoms with van der Waals surface area (Å²) < 4.78 is 7.76. The van der Waals surface area contributed by atoms with E-state index in [2.05, 4.69) is 31.9 Å². The first-order valence-corrected chi connectivity index (χ1v) is 7.50. The van der Waals surface area contributed by atoms with Crippen LogP contribution in [0.1, 0.15) is 24.2 Å². The number of benzene rings is 2. The Kier molecular flexibility index (Phi) is 5.02. The molecule has 0 saturated carbocycles. The maximum absolute atomic E-state index is 9.77. The van der Waals surface area contributed by atoms with Gasteiger partial charge in [-0.1, -0.05) is 50.1 Å². The minimum absolute atomic E-state index is 0.461. The van der Waals surface area contributed by atoms with E-state index >= 15 is 0 Å². The first-order valence-electron chi connectivity index (χ1n) is 5.91. The lowest BCUT2D eigenvalue weighted by Crippen LogP contribution is -2.01. The second-order valence-electron chi connectivity index (χ2n) is 4.24. The molecule has 0 amide bonds. The van der Waals surface area contributed by atoms with E-state index in [-0.39, 0.29) is 0 Å². The predicted octanol–water partition coefficient (Wildman–Crippen LogP) is 4.84. The minimum atomic E-state index is -0.563. The van der Waals surface area contributed by atoms with Gasteiger partial charge in [-0.25, -0.2) is 0 Å². The summed E-state index contributed by atoms with van der Waals surface area (Å²) in [4.78, 5) is 0. The normalized spacial score (nSPS) is 12.2. The molecule has 0 saturated heterocycles. The quantitative estimate of drug-likeness (QED) is 0.815. The van der Waals surface area contributed by atoms with Gasteiger partial charge in [0.05, 0.1) is 6.10 Å². The molecule has 1 atom stereocenters. The van der Waals surface area contributed by atoms with Crippen LogP contribution in [0.2, 0.25) is 0 Å². The molecule has 1 N–H and O–H groups in total. The van der Waals surface area contributed by atoms with Crippen molar-refractivity contribution in [2.45, 2.75) is 19.6 Å². The molecule has 2 aromatic rings. The Morgan fingerprint density at radius 3 is 2.58 bits per heavy atom. The van der Waals surface area contributed by atoms with Gasteiger partial charge in [-0.2, -0.15) is 0 Å². The molecule has 0 bridgehead atoms. The summed E-state index contributed by atoms with van der Waals surface area (Å²) in [6.45, 7) is 2.19. The van der Waals surface area contributed by atoms with E-state index < -0.39 is 6.10 Å². The predicted molar refractivity (Wildman–Crippen MR) is 83.2 cm³/mol. The van der Waals surface area contributed by atoms with Crippen LogP contribution in [0.4, 0.5) is 0 Å². The highest BCUT2D eigenvalue weighted by Crippen LogP contribution is 2.29. The second kappa shape index (κ2) is 6.55. The molecule has 0 unspecified atom stereocenters. The Morgan fingerprint density at radius 1 is 1.16 bits per heavy atom. The number of aliphatic hydroxyl groups excluding tert-OH is 1. The molecule has 0 aliphatic carbocycles. The fourth-order valence-corrected chi connectivity index (χ4v) is 2.53. The van der Waals surface area contributed by atoms with Crippen molar-refractivity contribution >= 4 is 31.9 Å². The molecule has 2 rings (SSSR count). The lowest BCUT2D eigenvalue weighted by Gasteiger charge is -2.14. The van der Waals surface area contributed by atoms with Gasteiger partial charge in [0.2, 0.25) is 0 Å². The Hall–Kier alpha value is -0.840. The molecular formula is C15H14Br2O2. The van der Waals surface area contributed by atoms with E-state index in [1.807, 2.05) is 42.5 Å². The Morgan fingerprint density at radius 2 is 1.89 bits per heavy atom. The van der Waals surface area contributed by atoms with Crippen LogP contribution < -0.4 is 4.74 Å². The number of halogens is 2. The highest BCUT2D eigenvalue weighted by Gasteiger charge is 2.10. The zero-order valence-electron chi connectivity index (χ0n) is 10.4. The fourth-order valence-electron chi connectivity index (χ4n) is 1.75. The summed E-state index contributed by atoms with van der Waals surface area (Å²) >= 11 is 6.89. The van der Waals surface area contributed by atoms with Crippen molar-refractivity contribution in [1.82, 2.24) is 0 Å². The largest absolute Gasteiger partial charge is 0.488 e. The lowest BCUT2D eigenvalue weighted by molar-refractivity contribution is 0.190. The Labute approximate surface area is 129 Å². The van der Waals surface area contributed by atoms with E-state index in [0.29, 0.717) is 12.4 Å². The van der Waals surface area contributed by atoms with Crippen LogP contribution in [-0.4, -0.2) is 5.11 Å². The van der Waals surface area contributed by atoms with Gasteiger partial charge in [-0.15, -0.1) is 0 Å². The molecule has 2 aromatic carbocycles. The molecule has 0 spiro atoms. The van der Waals surface area contributed by atoms with Crippen molar-refractivity contribution in [3.05, 3.63) is 62.5 Å². The maximum atomic E-state index is 9.77. The molecule has 4 heteroatoms. The SMILES string of the molecule is C[C@H](O)c1cc(Br)ccc1OCc1ccccc1Br. The number of ether oxygens (including phenoxy) is 1. The van der Waals surface area contributed by atoms with Gasteiger partial charge < -0.3 is 9.84 Å². The molecule has 0 radical (unpaired) electrons. The summed E-state index contributed by atoms with van der Waals surface area (Å²) in [6, 6.07) is 13.6.